The Balaban J connectivity index is 0.000000131. The number of hydrogen-bond acceptors (Lipinski definition) is 10. The van der Waals surface area contributed by atoms with E-state index in [9.17, 15) is 13.2 Å². The van der Waals surface area contributed by atoms with Gasteiger partial charge in [-0.25, -0.2) is 13.2 Å². The zero-order chi connectivity index (χ0) is 40.9. The number of rotatable bonds is 8. The molecule has 13 heteroatoms. The van der Waals surface area contributed by atoms with Gasteiger partial charge in [0.25, 0.3) is 0 Å². The van der Waals surface area contributed by atoms with Crippen molar-refractivity contribution in [3.63, 3.8) is 0 Å². The van der Waals surface area contributed by atoms with Gasteiger partial charge in [-0.1, -0.05) is 36.4 Å². The summed E-state index contributed by atoms with van der Waals surface area (Å²) in [4.78, 5) is 0. The average Bonchev–Trinajstić information content (AvgIpc) is 3.72. The predicted molar refractivity (Wildman–Crippen MR) is 217 cm³/mol. The van der Waals surface area contributed by atoms with Gasteiger partial charge >= 0.3 is 0 Å². The summed E-state index contributed by atoms with van der Waals surface area (Å²) in [6.45, 7) is 6.04. The van der Waals surface area contributed by atoms with E-state index in [1.807, 2.05) is 52.5 Å². The normalized spacial score (nSPS) is 20.9. The lowest BCUT2D eigenvalue weighted by Crippen LogP contribution is -2.26. The first kappa shape index (κ1) is 43.5. The van der Waals surface area contributed by atoms with Crippen LogP contribution in [0.4, 0.5) is 13.2 Å². The van der Waals surface area contributed by atoms with Gasteiger partial charge in [0.15, 0.2) is 11.5 Å². The topological polar surface area (TPSA) is 104 Å². The summed E-state index contributed by atoms with van der Waals surface area (Å²) in [5, 5.41) is 12.3. The molecule has 5 aliphatic rings. The molecule has 314 valence electrons. The Morgan fingerprint density at radius 2 is 1.07 bits per heavy atom. The van der Waals surface area contributed by atoms with E-state index in [1.54, 1.807) is 18.2 Å². The van der Waals surface area contributed by atoms with Crippen LogP contribution in [-0.4, -0.2) is 87.6 Å². The fraction of sp³-hybridized carbons (Fsp3) is 0.467. The Bertz CT molecular complexity index is 1930. The zero-order valence-electron chi connectivity index (χ0n) is 33.9. The molecule has 0 bridgehead atoms. The molecule has 4 N–H and O–H groups in total. The standard InChI is InChI=1S/C12H15NO3.3C11H14FNO/c1-13-6-10-11-8(4-5-14-10)2-3-9-12(11)16-7-15-9;1-13-7-11-10-3-2-9(12)6-8(10)4-5-14-11;1-13-7-11-9-3-2-4-10(12)8(9)5-6-14-11;1-13-7-10-11-8(5-6-14-10)3-2-4-9(11)12/h2-3,10,13H,4-7H2,1H3;2-3,6,11,13H,4-5,7H2,1H3;2-4,11,13H,5-7H2,1H3;2-4,10,13H,5-7H2,1H3. The lowest BCUT2D eigenvalue weighted by atomic mass is 9.96. The molecule has 0 fully saturated rings. The first-order valence-corrected chi connectivity index (χ1v) is 20.2. The van der Waals surface area contributed by atoms with Crippen LogP contribution < -0.4 is 30.7 Å². The molecule has 0 radical (unpaired) electrons. The van der Waals surface area contributed by atoms with Crippen molar-refractivity contribution < 1.29 is 41.6 Å². The molecule has 4 aromatic carbocycles. The number of ether oxygens (including phenoxy) is 6. The van der Waals surface area contributed by atoms with Crippen LogP contribution in [0.15, 0.2) is 66.7 Å². The lowest BCUT2D eigenvalue weighted by molar-refractivity contribution is 0.0410. The van der Waals surface area contributed by atoms with Crippen molar-refractivity contribution in [2.24, 2.45) is 0 Å². The minimum absolute atomic E-state index is 0.000509. The van der Waals surface area contributed by atoms with E-state index in [2.05, 4.69) is 27.3 Å². The van der Waals surface area contributed by atoms with Gasteiger partial charge in [0.05, 0.1) is 50.8 Å². The highest BCUT2D eigenvalue weighted by Gasteiger charge is 2.30. The first-order valence-electron chi connectivity index (χ1n) is 20.2. The van der Waals surface area contributed by atoms with E-state index in [1.165, 1.54) is 23.8 Å². The van der Waals surface area contributed by atoms with Gasteiger partial charge in [-0.3, -0.25) is 0 Å². The maximum atomic E-state index is 13.5. The van der Waals surface area contributed by atoms with Gasteiger partial charge in [0.2, 0.25) is 6.79 Å². The third kappa shape index (κ3) is 10.8. The van der Waals surface area contributed by atoms with Crippen LogP contribution in [0.5, 0.6) is 11.5 Å². The minimum Gasteiger partial charge on any atom is -0.454 e. The second-order valence-corrected chi connectivity index (χ2v) is 14.5. The fourth-order valence-electron chi connectivity index (χ4n) is 8.00. The SMILES string of the molecule is CNCC1OCCc2c(F)cccc21.CNCC1OCCc2cc(F)ccc21.CNCC1OCCc2ccc3c(c21)OCO3.CNCC1OCCc2cccc(F)c21. The molecule has 4 aromatic rings. The van der Waals surface area contributed by atoms with Crippen LogP contribution in [0.25, 0.3) is 0 Å². The van der Waals surface area contributed by atoms with E-state index in [4.69, 9.17) is 28.4 Å². The van der Waals surface area contributed by atoms with E-state index < -0.39 is 0 Å². The summed E-state index contributed by atoms with van der Waals surface area (Å²) in [6, 6.07) is 19.5. The molecule has 0 aromatic heterocycles. The smallest absolute Gasteiger partial charge is 0.231 e. The maximum Gasteiger partial charge on any atom is 0.231 e. The molecule has 4 unspecified atom stereocenters. The quantitative estimate of drug-likeness (QED) is 0.164. The summed E-state index contributed by atoms with van der Waals surface area (Å²) in [7, 11) is 7.54. The molecule has 0 saturated carbocycles. The van der Waals surface area contributed by atoms with E-state index in [-0.39, 0.29) is 41.9 Å². The van der Waals surface area contributed by atoms with Gasteiger partial charge in [-0.05, 0) is 118 Å². The monoisotopic (exact) mass is 806 g/mol. The van der Waals surface area contributed by atoms with Crippen LogP contribution >= 0.6 is 0 Å². The van der Waals surface area contributed by atoms with Crippen LogP contribution in [-0.2, 0) is 44.6 Å². The summed E-state index contributed by atoms with van der Waals surface area (Å²) >= 11 is 0. The van der Waals surface area contributed by atoms with Crippen LogP contribution in [0.1, 0.15) is 68.9 Å². The summed E-state index contributed by atoms with van der Waals surface area (Å²) < 4.78 is 73.3. The Morgan fingerprint density at radius 3 is 1.76 bits per heavy atom. The highest BCUT2D eigenvalue weighted by atomic mass is 19.1. The summed E-state index contributed by atoms with van der Waals surface area (Å²) in [5.74, 6) is 1.30. The molecule has 58 heavy (non-hydrogen) atoms. The average molecular weight is 807 g/mol. The number of hydrogen-bond donors (Lipinski definition) is 4. The third-order valence-corrected chi connectivity index (χ3v) is 10.7. The Kier molecular flexibility index (Phi) is 16.4. The van der Waals surface area contributed by atoms with Crippen molar-refractivity contribution in [1.82, 2.24) is 21.3 Å². The number of nitrogens with one attached hydrogen (secondary N) is 4. The number of benzene rings is 4. The van der Waals surface area contributed by atoms with E-state index in [0.29, 0.717) is 39.6 Å². The van der Waals surface area contributed by atoms with Crippen LogP contribution in [0.2, 0.25) is 0 Å². The largest absolute Gasteiger partial charge is 0.454 e. The maximum absolute atomic E-state index is 13.5. The van der Waals surface area contributed by atoms with Crippen molar-refractivity contribution in [3.05, 3.63) is 129 Å². The van der Waals surface area contributed by atoms with Crippen molar-refractivity contribution in [2.45, 2.75) is 50.1 Å². The molecule has 0 spiro atoms. The highest BCUT2D eigenvalue weighted by molar-refractivity contribution is 5.54. The fourth-order valence-corrected chi connectivity index (χ4v) is 8.00. The Morgan fingerprint density at radius 1 is 0.517 bits per heavy atom. The number of fused-ring (bicyclic) bond motifs is 6. The van der Waals surface area contributed by atoms with Crippen LogP contribution in [0, 0.1) is 17.5 Å². The van der Waals surface area contributed by atoms with Gasteiger partial charge in [0.1, 0.15) is 17.5 Å². The lowest BCUT2D eigenvalue weighted by Gasteiger charge is -2.26. The van der Waals surface area contributed by atoms with Gasteiger partial charge < -0.3 is 49.7 Å². The molecule has 0 saturated heterocycles. The molecular weight excluding hydrogens is 750 g/mol. The molecule has 0 amide bonds. The number of likely N-dealkylation sites (N-methyl/N-ethyl adjacent to an activating group) is 4. The molecule has 9 rings (SSSR count). The summed E-state index contributed by atoms with van der Waals surface area (Å²) in [6.07, 6.45) is 3.27. The summed E-state index contributed by atoms with van der Waals surface area (Å²) in [5.41, 5.74) is 8.30. The van der Waals surface area contributed by atoms with Crippen molar-refractivity contribution in [1.29, 1.82) is 0 Å². The molecule has 0 aliphatic carbocycles. The Hall–Kier alpha value is -4.05. The van der Waals surface area contributed by atoms with E-state index in [0.717, 1.165) is 95.9 Å². The highest BCUT2D eigenvalue weighted by Crippen LogP contribution is 2.43. The van der Waals surface area contributed by atoms with Crippen molar-refractivity contribution >= 4 is 0 Å². The minimum atomic E-state index is -0.158. The molecule has 5 heterocycles. The third-order valence-electron chi connectivity index (χ3n) is 10.7. The first-order chi connectivity index (χ1) is 28.4. The van der Waals surface area contributed by atoms with Crippen molar-refractivity contribution in [3.8, 4) is 11.5 Å². The molecule has 4 atom stereocenters. The second kappa shape index (κ2) is 21.8. The molecular formula is C45H57F3N4O6. The van der Waals surface area contributed by atoms with Crippen LogP contribution in [0.3, 0.4) is 0 Å². The zero-order valence-corrected chi connectivity index (χ0v) is 33.9. The van der Waals surface area contributed by atoms with Gasteiger partial charge in [-0.15, -0.1) is 0 Å². The molecule has 10 nitrogen and oxygen atoms in total. The van der Waals surface area contributed by atoms with Crippen molar-refractivity contribution in [2.75, 3.05) is 87.6 Å². The van der Waals surface area contributed by atoms with E-state index >= 15 is 0 Å². The van der Waals surface area contributed by atoms with Gasteiger partial charge in [0, 0.05) is 37.3 Å². The second-order valence-electron chi connectivity index (χ2n) is 14.5. The molecule has 5 aliphatic heterocycles. The predicted octanol–water partition coefficient (Wildman–Crippen LogP) is 6.23. The Labute approximate surface area is 340 Å². The number of halogens is 3. The van der Waals surface area contributed by atoms with Gasteiger partial charge in [-0.2, -0.15) is 0 Å².